The van der Waals surface area contributed by atoms with Crippen molar-refractivity contribution >= 4 is 28.5 Å². The Hall–Kier alpha value is -1.80. The zero-order valence-electron chi connectivity index (χ0n) is 16.9. The number of benzene rings is 2. The number of hydrogen-bond donors (Lipinski definition) is 2. The van der Waals surface area contributed by atoms with Gasteiger partial charge in [-0.15, -0.1) is 0 Å². The van der Waals surface area contributed by atoms with Gasteiger partial charge in [0.05, 0.1) is 13.2 Å². The van der Waals surface area contributed by atoms with Crippen molar-refractivity contribution in [2.75, 3.05) is 13.7 Å². The molecule has 0 aromatic heterocycles. The summed E-state index contributed by atoms with van der Waals surface area (Å²) < 4.78 is 13.5. The summed E-state index contributed by atoms with van der Waals surface area (Å²) in [6.07, 6.45) is 4.09. The third kappa shape index (κ3) is 2.52. The van der Waals surface area contributed by atoms with Gasteiger partial charge in [0, 0.05) is 26.2 Å². The maximum absolute atomic E-state index is 13.1. The zero-order valence-corrected chi connectivity index (χ0v) is 19.1. The normalized spacial score (nSPS) is 32.7. The number of halogens is 1. The molecule has 6 heteroatoms. The van der Waals surface area contributed by atoms with E-state index in [2.05, 4.69) is 39.3 Å². The lowest BCUT2D eigenvalue weighted by molar-refractivity contribution is -0.0171. The van der Waals surface area contributed by atoms with Gasteiger partial charge in [-0.2, -0.15) is 0 Å². The lowest BCUT2D eigenvalue weighted by atomic mass is 9.51. The molecule has 2 aliphatic carbocycles. The van der Waals surface area contributed by atoms with Crippen molar-refractivity contribution in [2.45, 2.75) is 49.3 Å². The summed E-state index contributed by atoms with van der Waals surface area (Å²) in [5, 5.41) is 7.11. The lowest BCUT2D eigenvalue weighted by Gasteiger charge is -2.56. The monoisotopic (exact) mass is 516 g/mol. The first-order valence-corrected chi connectivity index (χ1v) is 11.9. The number of carbonyl (C=O) groups excluding carboxylic acids is 1. The molecule has 5 atom stereocenters. The van der Waals surface area contributed by atoms with Crippen LogP contribution in [0.5, 0.6) is 11.5 Å². The molecular formula is C24H25IN2O3. The molecule has 30 heavy (non-hydrogen) atoms. The smallest absolute Gasteiger partial charge is 0.251 e. The Balaban J connectivity index is 1.41. The number of hydrogen-bond acceptors (Lipinski definition) is 4. The number of nitrogens with one attached hydrogen (secondary N) is 2. The second-order valence-electron chi connectivity index (χ2n) is 9.00. The fourth-order valence-corrected chi connectivity index (χ4v) is 7.19. The van der Waals surface area contributed by atoms with Gasteiger partial charge in [-0.25, -0.2) is 0 Å². The summed E-state index contributed by atoms with van der Waals surface area (Å²) in [5.41, 5.74) is 3.42. The molecule has 0 radical (unpaired) electrons. The van der Waals surface area contributed by atoms with Crippen molar-refractivity contribution in [1.29, 1.82) is 0 Å². The minimum Gasteiger partial charge on any atom is -0.493 e. The van der Waals surface area contributed by atoms with E-state index in [1.54, 1.807) is 7.11 Å². The van der Waals surface area contributed by atoms with E-state index in [0.717, 1.165) is 47.3 Å². The highest BCUT2D eigenvalue weighted by Crippen LogP contribution is 2.62. The topological polar surface area (TPSA) is 59.6 Å². The molecule has 2 aromatic carbocycles. The third-order valence-electron chi connectivity index (χ3n) is 7.74. The molecule has 6 rings (SSSR count). The summed E-state index contributed by atoms with van der Waals surface area (Å²) in [6, 6.07) is 12.5. The fourth-order valence-electron chi connectivity index (χ4n) is 6.64. The summed E-state index contributed by atoms with van der Waals surface area (Å²) >= 11 is 2.25. The molecule has 4 unspecified atom stereocenters. The van der Waals surface area contributed by atoms with Gasteiger partial charge in [0.2, 0.25) is 0 Å². The molecule has 2 N–H and O–H groups in total. The maximum atomic E-state index is 13.1. The molecule has 2 fully saturated rings. The van der Waals surface area contributed by atoms with Crippen LogP contribution in [0.4, 0.5) is 0 Å². The van der Waals surface area contributed by atoms with Gasteiger partial charge in [-0.1, -0.05) is 12.1 Å². The Morgan fingerprint density at radius 1 is 1.30 bits per heavy atom. The number of rotatable bonds is 3. The molecule has 5 nitrogen and oxygen atoms in total. The van der Waals surface area contributed by atoms with Gasteiger partial charge in [-0.05, 0) is 90.6 Å². The summed E-state index contributed by atoms with van der Waals surface area (Å²) in [6.45, 7) is 0.995. The van der Waals surface area contributed by atoms with Crippen LogP contribution < -0.4 is 20.1 Å². The average molecular weight is 516 g/mol. The molecule has 1 saturated heterocycles. The molecule has 1 amide bonds. The minimum absolute atomic E-state index is 0.00609. The van der Waals surface area contributed by atoms with Crippen LogP contribution in [-0.2, 0) is 11.8 Å². The van der Waals surface area contributed by atoms with E-state index >= 15 is 0 Å². The molecule has 2 heterocycles. The number of methoxy groups -OCH3 is 1. The van der Waals surface area contributed by atoms with Crippen LogP contribution in [0.25, 0.3) is 0 Å². The Bertz CT molecular complexity index is 1040. The quantitative estimate of drug-likeness (QED) is 0.615. The summed E-state index contributed by atoms with van der Waals surface area (Å²) in [4.78, 5) is 13.1. The van der Waals surface area contributed by atoms with Gasteiger partial charge in [-0.3, -0.25) is 4.79 Å². The van der Waals surface area contributed by atoms with Gasteiger partial charge < -0.3 is 20.1 Å². The van der Waals surface area contributed by atoms with Crippen LogP contribution >= 0.6 is 22.6 Å². The second kappa shape index (κ2) is 6.85. The highest BCUT2D eigenvalue weighted by atomic mass is 127. The number of carbonyl (C=O) groups is 1. The predicted octanol–water partition coefficient (Wildman–Crippen LogP) is 3.43. The Morgan fingerprint density at radius 3 is 3.03 bits per heavy atom. The summed E-state index contributed by atoms with van der Waals surface area (Å²) in [5.74, 6) is 2.26. The first-order chi connectivity index (χ1) is 14.6. The van der Waals surface area contributed by atoms with Gasteiger partial charge >= 0.3 is 0 Å². The van der Waals surface area contributed by atoms with Crippen LogP contribution in [0.2, 0.25) is 0 Å². The van der Waals surface area contributed by atoms with Crippen LogP contribution in [0.15, 0.2) is 36.4 Å². The first kappa shape index (κ1) is 18.9. The first-order valence-electron chi connectivity index (χ1n) is 10.8. The van der Waals surface area contributed by atoms with Crippen molar-refractivity contribution in [2.24, 2.45) is 5.92 Å². The van der Waals surface area contributed by atoms with Gasteiger partial charge in [0.1, 0.15) is 6.10 Å². The van der Waals surface area contributed by atoms with E-state index in [4.69, 9.17) is 9.47 Å². The fraction of sp³-hybridized carbons (Fsp3) is 0.458. The Labute approximate surface area is 190 Å². The average Bonchev–Trinajstić information content (AvgIpc) is 3.09. The van der Waals surface area contributed by atoms with Crippen molar-refractivity contribution < 1.29 is 14.3 Å². The molecule has 2 aromatic rings. The molecule has 1 spiro atoms. The minimum atomic E-state index is -0.0436. The van der Waals surface area contributed by atoms with Crippen LogP contribution in [0.3, 0.4) is 0 Å². The van der Waals surface area contributed by atoms with Gasteiger partial charge in [0.25, 0.3) is 5.91 Å². The van der Waals surface area contributed by atoms with Gasteiger partial charge in [0.15, 0.2) is 11.5 Å². The van der Waals surface area contributed by atoms with Crippen molar-refractivity contribution in [1.82, 2.24) is 10.6 Å². The standard InChI is InChI=1S/C24H25IN2O3/c1-29-19-8-5-13-12-18-16-6-7-17(27-23(28)14-3-2-4-15(25)11-14)22-24(16,9-10-26-18)20(13)21(19)30-22/h2-5,8,11,16-18,22,26H,6-7,9-10,12H2,1H3,(H,27,28)/t16?,17-,18?,22?,24?/m1/s1. The summed E-state index contributed by atoms with van der Waals surface area (Å²) in [7, 11) is 1.71. The molecule has 4 aliphatic rings. The van der Waals surface area contributed by atoms with Crippen molar-refractivity contribution in [3.63, 3.8) is 0 Å². The highest BCUT2D eigenvalue weighted by Gasteiger charge is 2.64. The van der Waals surface area contributed by atoms with E-state index in [-0.39, 0.29) is 23.5 Å². The number of piperidine rings is 1. The third-order valence-corrected chi connectivity index (χ3v) is 8.41. The van der Waals surface area contributed by atoms with E-state index in [1.165, 1.54) is 11.1 Å². The van der Waals surface area contributed by atoms with E-state index < -0.39 is 0 Å². The lowest BCUT2D eigenvalue weighted by Crippen LogP contribution is -2.68. The molecule has 1 saturated carbocycles. The van der Waals surface area contributed by atoms with Crippen molar-refractivity contribution in [3.8, 4) is 11.5 Å². The molecule has 2 bridgehead atoms. The number of ether oxygens (including phenoxy) is 2. The van der Waals surface area contributed by atoms with Crippen LogP contribution in [0.1, 0.15) is 40.7 Å². The van der Waals surface area contributed by atoms with Crippen LogP contribution in [-0.4, -0.2) is 37.7 Å². The molecule has 2 aliphatic heterocycles. The van der Waals surface area contributed by atoms with E-state index in [0.29, 0.717) is 17.5 Å². The molecular weight excluding hydrogens is 491 g/mol. The van der Waals surface area contributed by atoms with Crippen molar-refractivity contribution in [3.05, 3.63) is 56.7 Å². The maximum Gasteiger partial charge on any atom is 0.251 e. The van der Waals surface area contributed by atoms with E-state index in [1.807, 2.05) is 30.3 Å². The second-order valence-corrected chi connectivity index (χ2v) is 10.2. The SMILES string of the molecule is COc1ccc2c3c1OC1[C@H](NC(=O)c4cccc(I)c4)CCC4C(C2)NCCC341. The largest absolute Gasteiger partial charge is 0.493 e. The Kier molecular flexibility index (Phi) is 4.32. The highest BCUT2D eigenvalue weighted by molar-refractivity contribution is 14.1. The Morgan fingerprint density at radius 2 is 2.20 bits per heavy atom. The van der Waals surface area contributed by atoms with E-state index in [9.17, 15) is 4.79 Å². The number of amides is 1. The molecule has 156 valence electrons. The zero-order chi connectivity index (χ0) is 20.5. The van der Waals surface area contributed by atoms with Crippen LogP contribution in [0, 0.1) is 9.49 Å². The predicted molar refractivity (Wildman–Crippen MR) is 122 cm³/mol.